The zero-order valence-corrected chi connectivity index (χ0v) is 14.2. The lowest BCUT2D eigenvalue weighted by atomic mass is 10.0. The van der Waals surface area contributed by atoms with Crippen LogP contribution in [0.4, 0.5) is 8.78 Å². The van der Waals surface area contributed by atoms with Crippen LogP contribution in [0.25, 0.3) is 10.2 Å². The second-order valence-electron chi connectivity index (χ2n) is 6.15. The van der Waals surface area contributed by atoms with E-state index in [1.807, 2.05) is 24.3 Å². The molecule has 2 heterocycles. The zero-order valence-electron chi connectivity index (χ0n) is 13.4. The Labute approximate surface area is 147 Å². The van der Waals surface area contributed by atoms with Crippen LogP contribution in [-0.2, 0) is 0 Å². The Balaban J connectivity index is 1.70. The molecule has 0 unspecified atom stereocenters. The van der Waals surface area contributed by atoms with Crippen LogP contribution in [-0.4, -0.2) is 22.3 Å². The van der Waals surface area contributed by atoms with Gasteiger partial charge in [-0.1, -0.05) is 12.1 Å². The highest BCUT2D eigenvalue weighted by Crippen LogP contribution is 2.36. The SMILES string of the molecule is O=C(c1ccc(F)cc1F)N1CCCC[C@H]1c1nc2ccccc2s1. The molecule has 3 nitrogen and oxygen atoms in total. The van der Waals surface area contributed by atoms with Crippen molar-refractivity contribution >= 4 is 27.5 Å². The van der Waals surface area contributed by atoms with Crippen molar-refractivity contribution in [2.45, 2.75) is 25.3 Å². The molecule has 1 saturated heterocycles. The number of piperidine rings is 1. The molecule has 0 spiro atoms. The number of para-hydroxylation sites is 1. The van der Waals surface area contributed by atoms with Crippen LogP contribution in [0.2, 0.25) is 0 Å². The minimum absolute atomic E-state index is 0.0885. The molecule has 1 aromatic heterocycles. The van der Waals surface area contributed by atoms with Crippen LogP contribution >= 0.6 is 11.3 Å². The lowest BCUT2D eigenvalue weighted by molar-refractivity contribution is 0.0606. The number of likely N-dealkylation sites (tertiary alicyclic amines) is 1. The smallest absolute Gasteiger partial charge is 0.257 e. The zero-order chi connectivity index (χ0) is 17.4. The van der Waals surface area contributed by atoms with Crippen molar-refractivity contribution in [1.82, 2.24) is 9.88 Å². The highest BCUT2D eigenvalue weighted by Gasteiger charge is 2.32. The molecular formula is C19H16F2N2OS. The van der Waals surface area contributed by atoms with E-state index in [1.54, 1.807) is 16.2 Å². The van der Waals surface area contributed by atoms with E-state index in [2.05, 4.69) is 4.98 Å². The first-order chi connectivity index (χ1) is 12.1. The Bertz CT molecular complexity index is 907. The van der Waals surface area contributed by atoms with Crippen molar-refractivity contribution in [2.24, 2.45) is 0 Å². The standard InChI is InChI=1S/C19H16F2N2OS/c20-12-8-9-13(14(21)11-12)19(24)23-10-4-3-6-16(23)18-22-15-5-1-2-7-17(15)25-18/h1-2,5,7-9,11,16H,3-4,6,10H2/t16-/m0/s1. The summed E-state index contributed by atoms with van der Waals surface area (Å²) in [7, 11) is 0. The minimum Gasteiger partial charge on any atom is -0.329 e. The maximum Gasteiger partial charge on any atom is 0.257 e. The molecule has 1 atom stereocenters. The lowest BCUT2D eigenvalue weighted by Crippen LogP contribution is -2.38. The van der Waals surface area contributed by atoms with E-state index in [-0.39, 0.29) is 11.6 Å². The van der Waals surface area contributed by atoms with Gasteiger partial charge < -0.3 is 4.90 Å². The summed E-state index contributed by atoms with van der Waals surface area (Å²) in [5.41, 5.74) is 0.822. The van der Waals surface area contributed by atoms with Crippen LogP contribution in [0.3, 0.4) is 0 Å². The number of carbonyl (C=O) groups excluding carboxylic acids is 1. The minimum atomic E-state index is -0.821. The number of halogens is 2. The van der Waals surface area contributed by atoms with Gasteiger partial charge in [0.15, 0.2) is 0 Å². The number of hydrogen-bond donors (Lipinski definition) is 0. The largest absolute Gasteiger partial charge is 0.329 e. The Morgan fingerprint density at radius 1 is 1.16 bits per heavy atom. The third-order valence-electron chi connectivity index (χ3n) is 4.52. The van der Waals surface area contributed by atoms with Crippen molar-refractivity contribution in [3.63, 3.8) is 0 Å². The van der Waals surface area contributed by atoms with Crippen LogP contribution in [0.1, 0.15) is 40.7 Å². The molecule has 2 aromatic carbocycles. The van der Waals surface area contributed by atoms with Crippen LogP contribution in [0.15, 0.2) is 42.5 Å². The monoisotopic (exact) mass is 358 g/mol. The summed E-state index contributed by atoms with van der Waals surface area (Å²) < 4.78 is 28.3. The molecule has 0 saturated carbocycles. The molecule has 0 aliphatic carbocycles. The van der Waals surface area contributed by atoms with Crippen LogP contribution < -0.4 is 0 Å². The molecule has 6 heteroatoms. The Hall–Kier alpha value is -2.34. The molecule has 128 valence electrons. The van der Waals surface area contributed by atoms with Gasteiger partial charge in [0.05, 0.1) is 21.8 Å². The lowest BCUT2D eigenvalue weighted by Gasteiger charge is -2.34. The molecule has 1 aliphatic heterocycles. The number of benzene rings is 2. The second kappa shape index (κ2) is 6.52. The molecule has 1 aliphatic rings. The molecule has 4 rings (SSSR count). The Morgan fingerprint density at radius 3 is 2.80 bits per heavy atom. The van der Waals surface area contributed by atoms with Crippen molar-refractivity contribution in [3.8, 4) is 0 Å². The van der Waals surface area contributed by atoms with Crippen LogP contribution in [0, 0.1) is 11.6 Å². The van der Waals surface area contributed by atoms with E-state index >= 15 is 0 Å². The highest BCUT2D eigenvalue weighted by molar-refractivity contribution is 7.18. The second-order valence-corrected chi connectivity index (χ2v) is 7.22. The number of carbonyl (C=O) groups is 1. The van der Waals surface area contributed by atoms with Crippen molar-refractivity contribution in [2.75, 3.05) is 6.54 Å². The molecule has 3 aromatic rings. The Morgan fingerprint density at radius 2 is 2.00 bits per heavy atom. The van der Waals surface area contributed by atoms with Gasteiger partial charge in [-0.25, -0.2) is 13.8 Å². The van der Waals surface area contributed by atoms with E-state index in [1.165, 1.54) is 6.07 Å². The van der Waals surface area contributed by atoms with Gasteiger partial charge in [-0.15, -0.1) is 11.3 Å². The van der Waals surface area contributed by atoms with Gasteiger partial charge in [-0.3, -0.25) is 4.79 Å². The van der Waals surface area contributed by atoms with E-state index in [9.17, 15) is 13.6 Å². The third-order valence-corrected chi connectivity index (χ3v) is 5.66. The van der Waals surface area contributed by atoms with Gasteiger partial charge in [0, 0.05) is 12.6 Å². The first-order valence-corrected chi connectivity index (χ1v) is 9.06. The summed E-state index contributed by atoms with van der Waals surface area (Å²) in [5, 5.41) is 0.872. The van der Waals surface area contributed by atoms with Gasteiger partial charge in [-0.05, 0) is 43.5 Å². The molecule has 1 amide bonds. The number of hydrogen-bond acceptors (Lipinski definition) is 3. The number of amides is 1. The normalized spacial score (nSPS) is 17.8. The number of fused-ring (bicyclic) bond motifs is 1. The molecule has 25 heavy (non-hydrogen) atoms. The summed E-state index contributed by atoms with van der Waals surface area (Å²) in [6, 6.07) is 10.8. The summed E-state index contributed by atoms with van der Waals surface area (Å²) in [6.45, 7) is 0.552. The van der Waals surface area contributed by atoms with Gasteiger partial charge in [0.1, 0.15) is 16.6 Å². The number of nitrogens with zero attached hydrogens (tertiary/aromatic N) is 2. The fourth-order valence-corrected chi connectivity index (χ4v) is 4.40. The Kier molecular flexibility index (Phi) is 4.21. The van der Waals surface area contributed by atoms with Crippen molar-refractivity contribution in [3.05, 3.63) is 64.7 Å². The summed E-state index contributed by atoms with van der Waals surface area (Å²) in [4.78, 5) is 19.2. The summed E-state index contributed by atoms with van der Waals surface area (Å²) in [5.74, 6) is -1.91. The van der Waals surface area contributed by atoms with E-state index < -0.39 is 17.5 Å². The third kappa shape index (κ3) is 3.02. The van der Waals surface area contributed by atoms with Crippen LogP contribution in [0.5, 0.6) is 0 Å². The maximum absolute atomic E-state index is 14.1. The quantitative estimate of drug-likeness (QED) is 0.650. The van der Waals surface area contributed by atoms with Gasteiger partial charge in [-0.2, -0.15) is 0 Å². The van der Waals surface area contributed by atoms with Crippen molar-refractivity contribution < 1.29 is 13.6 Å². The fraction of sp³-hybridized carbons (Fsp3) is 0.263. The van der Waals surface area contributed by atoms with Gasteiger partial charge >= 0.3 is 0 Å². The number of rotatable bonds is 2. The predicted molar refractivity (Wildman–Crippen MR) is 93.6 cm³/mol. The van der Waals surface area contributed by atoms with E-state index in [4.69, 9.17) is 0 Å². The highest BCUT2D eigenvalue weighted by atomic mass is 32.1. The summed E-state index contributed by atoms with van der Waals surface area (Å²) in [6.07, 6.45) is 2.67. The molecule has 0 N–H and O–H groups in total. The first kappa shape index (κ1) is 16.1. The van der Waals surface area contributed by atoms with Gasteiger partial charge in [0.2, 0.25) is 0 Å². The first-order valence-electron chi connectivity index (χ1n) is 8.25. The molecule has 1 fully saturated rings. The van der Waals surface area contributed by atoms with E-state index in [0.717, 1.165) is 46.6 Å². The van der Waals surface area contributed by atoms with Crippen molar-refractivity contribution in [1.29, 1.82) is 0 Å². The average molecular weight is 358 g/mol. The molecule has 0 bridgehead atoms. The van der Waals surface area contributed by atoms with E-state index in [0.29, 0.717) is 6.54 Å². The average Bonchev–Trinajstić information content (AvgIpc) is 3.05. The maximum atomic E-state index is 14.1. The van der Waals surface area contributed by atoms with Gasteiger partial charge in [0.25, 0.3) is 5.91 Å². The number of aromatic nitrogens is 1. The topological polar surface area (TPSA) is 33.2 Å². The summed E-state index contributed by atoms with van der Waals surface area (Å²) >= 11 is 1.57. The number of thiazole rings is 1. The molecule has 0 radical (unpaired) electrons. The fourth-order valence-electron chi connectivity index (χ4n) is 3.28. The molecular weight excluding hydrogens is 342 g/mol. The predicted octanol–water partition coefficient (Wildman–Crippen LogP) is 4.94.